The van der Waals surface area contributed by atoms with Gasteiger partial charge in [0.05, 0.1) is 5.69 Å². The zero-order valence-corrected chi connectivity index (χ0v) is 6.40. The van der Waals surface area contributed by atoms with Gasteiger partial charge in [0.25, 0.3) is 0 Å². The standard InChI is InChI=1S/C8H10FN/c1-5-4-10-7(3)8(9)6(5)2/h4H,1-3H3. The third kappa shape index (κ3) is 1.01. The monoisotopic (exact) mass is 139 g/mol. The van der Waals surface area contributed by atoms with E-state index in [4.69, 9.17) is 0 Å². The number of nitrogens with zero attached hydrogens (tertiary/aromatic N) is 1. The minimum atomic E-state index is -0.181. The minimum absolute atomic E-state index is 0.181. The molecule has 1 nitrogen and oxygen atoms in total. The summed E-state index contributed by atoms with van der Waals surface area (Å²) in [6.45, 7) is 5.28. The summed E-state index contributed by atoms with van der Waals surface area (Å²) < 4.78 is 12.9. The third-order valence-electron chi connectivity index (χ3n) is 1.69. The number of aryl methyl sites for hydroxylation is 2. The van der Waals surface area contributed by atoms with Crippen molar-refractivity contribution in [2.24, 2.45) is 0 Å². The Hall–Kier alpha value is -0.920. The van der Waals surface area contributed by atoms with Crippen LogP contribution in [0.4, 0.5) is 4.39 Å². The first-order valence-electron chi connectivity index (χ1n) is 3.21. The first kappa shape index (κ1) is 7.19. The molecule has 0 atom stereocenters. The first-order valence-corrected chi connectivity index (χ1v) is 3.21. The fourth-order valence-electron chi connectivity index (χ4n) is 0.792. The molecule has 2 heteroatoms. The van der Waals surface area contributed by atoms with Gasteiger partial charge in [-0.15, -0.1) is 0 Å². The quantitative estimate of drug-likeness (QED) is 0.536. The second-order valence-corrected chi connectivity index (χ2v) is 2.47. The molecule has 0 saturated carbocycles. The predicted molar refractivity (Wildman–Crippen MR) is 38.4 cm³/mol. The summed E-state index contributed by atoms with van der Waals surface area (Å²) in [4.78, 5) is 3.86. The molecule has 0 amide bonds. The lowest BCUT2D eigenvalue weighted by molar-refractivity contribution is 0.598. The van der Waals surface area contributed by atoms with E-state index in [1.165, 1.54) is 0 Å². The van der Waals surface area contributed by atoms with Crippen molar-refractivity contribution in [3.05, 3.63) is 28.8 Å². The van der Waals surface area contributed by atoms with E-state index in [2.05, 4.69) is 4.98 Å². The van der Waals surface area contributed by atoms with Crippen LogP contribution < -0.4 is 0 Å². The van der Waals surface area contributed by atoms with Crippen molar-refractivity contribution >= 4 is 0 Å². The molecule has 0 fully saturated rings. The lowest BCUT2D eigenvalue weighted by Gasteiger charge is -2.01. The highest BCUT2D eigenvalue weighted by Gasteiger charge is 2.03. The van der Waals surface area contributed by atoms with Gasteiger partial charge in [0.15, 0.2) is 0 Å². The van der Waals surface area contributed by atoms with Gasteiger partial charge in [0.2, 0.25) is 0 Å². The summed E-state index contributed by atoms with van der Waals surface area (Å²) >= 11 is 0. The molecule has 54 valence electrons. The van der Waals surface area contributed by atoms with Gasteiger partial charge in [0.1, 0.15) is 5.82 Å². The molecule has 1 aromatic rings. The van der Waals surface area contributed by atoms with Crippen LogP contribution in [0.3, 0.4) is 0 Å². The summed E-state index contributed by atoms with van der Waals surface area (Å²) in [5.74, 6) is -0.181. The van der Waals surface area contributed by atoms with E-state index in [0.717, 1.165) is 5.56 Å². The maximum absolute atomic E-state index is 12.9. The Morgan fingerprint density at radius 1 is 1.30 bits per heavy atom. The van der Waals surface area contributed by atoms with E-state index in [9.17, 15) is 4.39 Å². The summed E-state index contributed by atoms with van der Waals surface area (Å²) in [6.07, 6.45) is 1.69. The summed E-state index contributed by atoms with van der Waals surface area (Å²) in [6, 6.07) is 0. The van der Waals surface area contributed by atoms with E-state index in [1.54, 1.807) is 20.0 Å². The fourth-order valence-corrected chi connectivity index (χ4v) is 0.792. The van der Waals surface area contributed by atoms with Crippen LogP contribution in [0, 0.1) is 26.6 Å². The third-order valence-corrected chi connectivity index (χ3v) is 1.69. The Labute approximate surface area is 59.9 Å². The average molecular weight is 139 g/mol. The first-order chi connectivity index (χ1) is 4.63. The van der Waals surface area contributed by atoms with Gasteiger partial charge in [-0.25, -0.2) is 4.39 Å². The summed E-state index contributed by atoms with van der Waals surface area (Å²) in [5.41, 5.74) is 2.08. The zero-order valence-electron chi connectivity index (χ0n) is 6.40. The van der Waals surface area contributed by atoms with E-state index in [0.29, 0.717) is 11.3 Å². The van der Waals surface area contributed by atoms with Gasteiger partial charge in [-0.05, 0) is 31.9 Å². The molecular formula is C8H10FN. The number of aromatic nitrogens is 1. The van der Waals surface area contributed by atoms with Crippen LogP contribution in [0.25, 0.3) is 0 Å². The normalized spacial score (nSPS) is 10.0. The van der Waals surface area contributed by atoms with Gasteiger partial charge in [-0.3, -0.25) is 4.98 Å². The highest BCUT2D eigenvalue weighted by Crippen LogP contribution is 2.11. The van der Waals surface area contributed by atoms with Crippen molar-refractivity contribution in [3.63, 3.8) is 0 Å². The van der Waals surface area contributed by atoms with Gasteiger partial charge < -0.3 is 0 Å². The molecule has 0 saturated heterocycles. The molecule has 0 aliphatic heterocycles. The zero-order chi connectivity index (χ0) is 7.72. The van der Waals surface area contributed by atoms with Gasteiger partial charge >= 0.3 is 0 Å². The molecule has 1 rings (SSSR count). The minimum Gasteiger partial charge on any atom is -0.258 e. The van der Waals surface area contributed by atoms with Crippen LogP contribution in [0.15, 0.2) is 6.20 Å². The molecule has 10 heavy (non-hydrogen) atoms. The number of pyridine rings is 1. The van der Waals surface area contributed by atoms with E-state index in [-0.39, 0.29) is 5.82 Å². The molecule has 0 N–H and O–H groups in total. The maximum atomic E-state index is 12.9. The highest BCUT2D eigenvalue weighted by molar-refractivity contribution is 5.25. The van der Waals surface area contributed by atoms with Crippen LogP contribution in [0.1, 0.15) is 16.8 Å². The van der Waals surface area contributed by atoms with Crippen LogP contribution in [-0.2, 0) is 0 Å². The Morgan fingerprint density at radius 2 is 1.90 bits per heavy atom. The van der Waals surface area contributed by atoms with Crippen LogP contribution in [0.5, 0.6) is 0 Å². The number of hydrogen-bond acceptors (Lipinski definition) is 1. The number of halogens is 1. The highest BCUT2D eigenvalue weighted by atomic mass is 19.1. The topological polar surface area (TPSA) is 12.9 Å². The van der Waals surface area contributed by atoms with Gasteiger partial charge in [0, 0.05) is 6.20 Å². The lowest BCUT2D eigenvalue weighted by Crippen LogP contribution is -1.94. The van der Waals surface area contributed by atoms with Crippen LogP contribution in [0.2, 0.25) is 0 Å². The van der Waals surface area contributed by atoms with Crippen molar-refractivity contribution < 1.29 is 4.39 Å². The molecule has 0 radical (unpaired) electrons. The van der Waals surface area contributed by atoms with Crippen molar-refractivity contribution in [2.75, 3.05) is 0 Å². The fraction of sp³-hybridized carbons (Fsp3) is 0.375. The van der Waals surface area contributed by atoms with E-state index < -0.39 is 0 Å². The molecule has 0 aromatic carbocycles. The molecule has 0 aliphatic rings. The second-order valence-electron chi connectivity index (χ2n) is 2.47. The summed E-state index contributed by atoms with van der Waals surface area (Å²) in [7, 11) is 0. The average Bonchev–Trinajstić information content (AvgIpc) is 1.93. The van der Waals surface area contributed by atoms with Gasteiger partial charge in [-0.2, -0.15) is 0 Å². The molecular weight excluding hydrogens is 129 g/mol. The van der Waals surface area contributed by atoms with Crippen molar-refractivity contribution in [3.8, 4) is 0 Å². The van der Waals surface area contributed by atoms with Crippen molar-refractivity contribution in [2.45, 2.75) is 20.8 Å². The molecule has 1 heterocycles. The van der Waals surface area contributed by atoms with E-state index in [1.807, 2.05) is 6.92 Å². The van der Waals surface area contributed by atoms with E-state index >= 15 is 0 Å². The lowest BCUT2D eigenvalue weighted by atomic mass is 10.1. The Balaban J connectivity index is 3.34. The predicted octanol–water partition coefficient (Wildman–Crippen LogP) is 2.15. The molecule has 0 unspecified atom stereocenters. The Kier molecular flexibility index (Phi) is 1.70. The Bertz CT molecular complexity index is 229. The Morgan fingerprint density at radius 3 is 2.40 bits per heavy atom. The van der Waals surface area contributed by atoms with Crippen LogP contribution >= 0.6 is 0 Å². The largest absolute Gasteiger partial charge is 0.258 e. The smallest absolute Gasteiger partial charge is 0.147 e. The maximum Gasteiger partial charge on any atom is 0.147 e. The molecule has 0 bridgehead atoms. The summed E-state index contributed by atoms with van der Waals surface area (Å²) in [5, 5.41) is 0. The van der Waals surface area contributed by atoms with Crippen molar-refractivity contribution in [1.82, 2.24) is 4.98 Å². The van der Waals surface area contributed by atoms with Crippen LogP contribution in [-0.4, -0.2) is 4.98 Å². The number of hydrogen-bond donors (Lipinski definition) is 0. The van der Waals surface area contributed by atoms with Crippen molar-refractivity contribution in [1.29, 1.82) is 0 Å². The SMILES string of the molecule is Cc1cnc(C)c(F)c1C. The van der Waals surface area contributed by atoms with Gasteiger partial charge in [-0.1, -0.05) is 0 Å². The molecule has 0 aliphatic carbocycles. The second kappa shape index (κ2) is 2.37. The molecule has 1 aromatic heterocycles. The number of rotatable bonds is 0. The molecule has 0 spiro atoms.